The van der Waals surface area contributed by atoms with Gasteiger partial charge >= 0.3 is 0 Å². The van der Waals surface area contributed by atoms with E-state index in [4.69, 9.17) is 9.47 Å². The van der Waals surface area contributed by atoms with Crippen LogP contribution in [0.5, 0.6) is 11.5 Å². The molecule has 1 N–H and O–H groups in total. The van der Waals surface area contributed by atoms with Gasteiger partial charge in [-0.3, -0.25) is 4.79 Å². The first-order chi connectivity index (χ1) is 14.7. The number of aromatic nitrogens is 2. The van der Waals surface area contributed by atoms with Crippen molar-refractivity contribution in [3.8, 4) is 11.5 Å². The zero-order valence-electron chi connectivity index (χ0n) is 16.9. The number of carbonyl (C=O) groups is 1. The van der Waals surface area contributed by atoms with Crippen LogP contribution in [0.4, 0.5) is 5.82 Å². The van der Waals surface area contributed by atoms with Crippen molar-refractivity contribution in [2.24, 2.45) is 0 Å². The summed E-state index contributed by atoms with van der Waals surface area (Å²) >= 11 is 0. The Hall–Kier alpha value is -3.45. The molecule has 0 radical (unpaired) electrons. The highest BCUT2D eigenvalue weighted by molar-refractivity contribution is 5.94. The van der Waals surface area contributed by atoms with Gasteiger partial charge in [0.05, 0.1) is 19.8 Å². The molecule has 1 aliphatic rings. The lowest BCUT2D eigenvalue weighted by atomic mass is 10.2. The van der Waals surface area contributed by atoms with Gasteiger partial charge in [-0.05, 0) is 43.3 Å². The van der Waals surface area contributed by atoms with Crippen LogP contribution in [0, 0.1) is 6.92 Å². The monoisotopic (exact) mass is 404 g/mol. The topological polar surface area (TPSA) is 76.6 Å². The largest absolute Gasteiger partial charge is 0.457 e. The lowest BCUT2D eigenvalue weighted by Crippen LogP contribution is -2.37. The highest BCUT2D eigenvalue weighted by Gasteiger charge is 2.15. The predicted octanol–water partition coefficient (Wildman–Crippen LogP) is 3.34. The molecule has 1 amide bonds. The Bertz CT molecular complexity index is 987. The van der Waals surface area contributed by atoms with Crippen molar-refractivity contribution in [2.75, 3.05) is 31.2 Å². The molecular formula is C23H24N4O3. The van der Waals surface area contributed by atoms with Gasteiger partial charge in [0, 0.05) is 30.4 Å². The molecule has 0 atom stereocenters. The molecule has 154 valence electrons. The van der Waals surface area contributed by atoms with Crippen LogP contribution in [0.3, 0.4) is 0 Å². The van der Waals surface area contributed by atoms with Crippen LogP contribution in [-0.2, 0) is 11.3 Å². The Kier molecular flexibility index (Phi) is 6.20. The second kappa shape index (κ2) is 9.37. The highest BCUT2D eigenvalue weighted by atomic mass is 16.5. The van der Waals surface area contributed by atoms with E-state index in [1.54, 1.807) is 24.3 Å². The summed E-state index contributed by atoms with van der Waals surface area (Å²) in [5.41, 5.74) is 1.43. The normalized spacial score (nSPS) is 13.7. The lowest BCUT2D eigenvalue weighted by Gasteiger charge is -2.28. The Morgan fingerprint density at radius 2 is 1.73 bits per heavy atom. The first-order valence-electron chi connectivity index (χ1n) is 9.96. The summed E-state index contributed by atoms with van der Waals surface area (Å²) in [6.07, 6.45) is 0. The van der Waals surface area contributed by atoms with E-state index in [2.05, 4.69) is 20.2 Å². The van der Waals surface area contributed by atoms with Crippen LogP contribution < -0.4 is 15.0 Å². The fourth-order valence-electron chi connectivity index (χ4n) is 3.21. The fraction of sp³-hybridized carbons (Fsp3) is 0.261. The van der Waals surface area contributed by atoms with Crippen molar-refractivity contribution >= 4 is 11.7 Å². The number of nitrogens with zero attached hydrogens (tertiary/aromatic N) is 3. The summed E-state index contributed by atoms with van der Waals surface area (Å²) in [5.74, 6) is 2.71. The minimum atomic E-state index is -0.181. The minimum absolute atomic E-state index is 0.181. The molecule has 2 aromatic carbocycles. The second-order valence-corrected chi connectivity index (χ2v) is 7.01. The first-order valence-corrected chi connectivity index (χ1v) is 9.96. The molecule has 2 heterocycles. The summed E-state index contributed by atoms with van der Waals surface area (Å²) in [5, 5.41) is 2.89. The van der Waals surface area contributed by atoms with Crippen LogP contribution in [0.25, 0.3) is 0 Å². The van der Waals surface area contributed by atoms with Crippen molar-refractivity contribution in [2.45, 2.75) is 13.5 Å². The molecule has 30 heavy (non-hydrogen) atoms. The summed E-state index contributed by atoms with van der Waals surface area (Å²) in [7, 11) is 0. The van der Waals surface area contributed by atoms with Gasteiger partial charge in [0.25, 0.3) is 5.91 Å². The number of para-hydroxylation sites is 1. The third-order valence-corrected chi connectivity index (χ3v) is 4.72. The number of amides is 1. The molecular weight excluding hydrogens is 380 g/mol. The van der Waals surface area contributed by atoms with Crippen LogP contribution in [0.2, 0.25) is 0 Å². The van der Waals surface area contributed by atoms with E-state index in [1.807, 2.05) is 43.3 Å². The van der Waals surface area contributed by atoms with Gasteiger partial charge in [-0.1, -0.05) is 18.2 Å². The third kappa shape index (κ3) is 5.12. The number of hydrogen-bond donors (Lipinski definition) is 1. The van der Waals surface area contributed by atoms with Gasteiger partial charge in [-0.25, -0.2) is 9.97 Å². The fourth-order valence-corrected chi connectivity index (χ4v) is 3.21. The smallest absolute Gasteiger partial charge is 0.251 e. The number of nitrogens with one attached hydrogen (secondary N) is 1. The molecule has 4 rings (SSSR count). The third-order valence-electron chi connectivity index (χ3n) is 4.72. The van der Waals surface area contributed by atoms with E-state index in [0.29, 0.717) is 30.4 Å². The van der Waals surface area contributed by atoms with Crippen molar-refractivity contribution in [1.82, 2.24) is 15.3 Å². The maximum atomic E-state index is 12.5. The van der Waals surface area contributed by atoms with Crippen molar-refractivity contribution in [3.05, 3.63) is 77.7 Å². The quantitative estimate of drug-likeness (QED) is 0.679. The van der Waals surface area contributed by atoms with Crippen molar-refractivity contribution in [1.29, 1.82) is 0 Å². The van der Waals surface area contributed by atoms with Gasteiger partial charge in [0.15, 0.2) is 0 Å². The molecule has 0 spiro atoms. The molecule has 1 fully saturated rings. The van der Waals surface area contributed by atoms with Gasteiger partial charge in [-0.15, -0.1) is 0 Å². The standard InChI is InChI=1S/C23H24N4O3/c1-17-15-22(27-11-13-29-14-12-27)26-21(25-17)16-24-23(28)18-7-9-20(10-8-18)30-19-5-3-2-4-6-19/h2-10,15H,11-14,16H2,1H3,(H,24,28). The molecule has 1 aliphatic heterocycles. The Morgan fingerprint density at radius 1 is 1.03 bits per heavy atom. The number of benzene rings is 2. The van der Waals surface area contributed by atoms with Gasteiger partial charge in [-0.2, -0.15) is 0 Å². The molecule has 0 bridgehead atoms. The number of aryl methyl sites for hydroxylation is 1. The average molecular weight is 404 g/mol. The summed E-state index contributed by atoms with van der Waals surface area (Å²) in [6.45, 7) is 5.19. The van der Waals surface area contributed by atoms with Gasteiger partial charge < -0.3 is 19.7 Å². The molecule has 3 aromatic rings. The number of rotatable bonds is 6. The Labute approximate surface area is 175 Å². The van der Waals surface area contributed by atoms with Crippen LogP contribution in [-0.4, -0.2) is 42.2 Å². The first kappa shape index (κ1) is 19.8. The van der Waals surface area contributed by atoms with Crippen LogP contribution in [0.15, 0.2) is 60.7 Å². The molecule has 0 unspecified atom stereocenters. The number of anilines is 1. The molecule has 7 nitrogen and oxygen atoms in total. The van der Waals surface area contributed by atoms with Gasteiger partial charge in [0.1, 0.15) is 23.1 Å². The maximum absolute atomic E-state index is 12.5. The average Bonchev–Trinajstić information content (AvgIpc) is 2.79. The number of hydrogen-bond acceptors (Lipinski definition) is 6. The predicted molar refractivity (Wildman–Crippen MR) is 114 cm³/mol. The van der Waals surface area contributed by atoms with Crippen LogP contribution >= 0.6 is 0 Å². The second-order valence-electron chi connectivity index (χ2n) is 7.01. The Morgan fingerprint density at radius 3 is 2.47 bits per heavy atom. The van der Waals surface area contributed by atoms with Crippen molar-refractivity contribution in [3.63, 3.8) is 0 Å². The van der Waals surface area contributed by atoms with Crippen LogP contribution in [0.1, 0.15) is 21.9 Å². The molecule has 0 saturated carbocycles. The number of morpholine rings is 1. The summed E-state index contributed by atoms with van der Waals surface area (Å²) in [4.78, 5) is 23.8. The molecule has 1 aromatic heterocycles. The van der Waals surface area contributed by atoms with Gasteiger partial charge in [0.2, 0.25) is 0 Å². The SMILES string of the molecule is Cc1cc(N2CCOCC2)nc(CNC(=O)c2ccc(Oc3ccccc3)cc2)n1. The van der Waals surface area contributed by atoms with E-state index >= 15 is 0 Å². The van der Waals surface area contributed by atoms with E-state index in [9.17, 15) is 4.79 Å². The molecule has 1 saturated heterocycles. The number of carbonyl (C=O) groups excluding carboxylic acids is 1. The summed E-state index contributed by atoms with van der Waals surface area (Å²) in [6, 6.07) is 18.5. The Balaban J connectivity index is 1.36. The molecule has 0 aliphatic carbocycles. The van der Waals surface area contributed by atoms with E-state index < -0.39 is 0 Å². The van der Waals surface area contributed by atoms with E-state index in [0.717, 1.165) is 30.4 Å². The zero-order chi connectivity index (χ0) is 20.8. The minimum Gasteiger partial charge on any atom is -0.457 e. The molecule has 7 heteroatoms. The highest BCUT2D eigenvalue weighted by Crippen LogP contribution is 2.21. The van der Waals surface area contributed by atoms with Crippen molar-refractivity contribution < 1.29 is 14.3 Å². The maximum Gasteiger partial charge on any atom is 0.251 e. The summed E-state index contributed by atoms with van der Waals surface area (Å²) < 4.78 is 11.2. The zero-order valence-corrected chi connectivity index (χ0v) is 16.9. The van der Waals surface area contributed by atoms with E-state index in [-0.39, 0.29) is 12.5 Å². The number of ether oxygens (including phenoxy) is 2. The lowest BCUT2D eigenvalue weighted by molar-refractivity contribution is 0.0950. The van der Waals surface area contributed by atoms with E-state index in [1.165, 1.54) is 0 Å².